The predicted octanol–water partition coefficient (Wildman–Crippen LogP) is 2.02. The Kier molecular flexibility index (Phi) is 3.39. The molecular weight excluding hydrogens is 342 g/mol. The van der Waals surface area contributed by atoms with Gasteiger partial charge in [-0.3, -0.25) is 24.2 Å². The number of hydrogen-bond acceptors (Lipinski definition) is 4. The average molecular weight is 367 g/mol. The van der Waals surface area contributed by atoms with Gasteiger partial charge >= 0.3 is 0 Å². The molecule has 6 nitrogen and oxygen atoms in total. The van der Waals surface area contributed by atoms with Crippen molar-refractivity contribution in [3.05, 3.63) is 29.3 Å². The third-order valence-electron chi connectivity index (χ3n) is 7.21. The van der Waals surface area contributed by atoms with E-state index in [1.165, 1.54) is 4.90 Å². The van der Waals surface area contributed by atoms with Gasteiger partial charge in [0.2, 0.25) is 17.7 Å². The number of nitrogens with one attached hydrogen (secondary N) is 1. The molecule has 4 heterocycles. The molecule has 0 unspecified atom stereocenters. The minimum absolute atomic E-state index is 0.0299. The van der Waals surface area contributed by atoms with Crippen LogP contribution in [0, 0.1) is 18.8 Å². The van der Waals surface area contributed by atoms with Gasteiger partial charge in [0.1, 0.15) is 5.54 Å². The molecule has 3 saturated heterocycles. The first-order chi connectivity index (χ1) is 12.9. The Balaban J connectivity index is 1.74. The topological polar surface area (TPSA) is 69.7 Å². The van der Waals surface area contributed by atoms with Crippen molar-refractivity contribution < 1.29 is 14.4 Å². The van der Waals surface area contributed by atoms with E-state index in [9.17, 15) is 14.4 Å². The summed E-state index contributed by atoms with van der Waals surface area (Å²) in [5.74, 6) is -1.42. The second-order valence-corrected chi connectivity index (χ2v) is 8.48. The van der Waals surface area contributed by atoms with Crippen molar-refractivity contribution in [2.24, 2.45) is 11.8 Å². The van der Waals surface area contributed by atoms with E-state index in [4.69, 9.17) is 0 Å². The lowest BCUT2D eigenvalue weighted by Crippen LogP contribution is -2.54. The van der Waals surface area contributed by atoms with Crippen molar-refractivity contribution in [3.63, 3.8) is 0 Å². The van der Waals surface area contributed by atoms with Crippen LogP contribution in [-0.2, 0) is 19.9 Å². The summed E-state index contributed by atoms with van der Waals surface area (Å²) in [6.07, 6.45) is 2.54. The molecule has 0 saturated carbocycles. The fourth-order valence-electron chi connectivity index (χ4n) is 5.96. The summed E-state index contributed by atoms with van der Waals surface area (Å²) < 4.78 is 0. The molecule has 1 spiro atoms. The minimum atomic E-state index is -1.04. The highest BCUT2D eigenvalue weighted by Crippen LogP contribution is 2.60. The van der Waals surface area contributed by atoms with Crippen LogP contribution in [0.1, 0.15) is 44.2 Å². The quantitative estimate of drug-likeness (QED) is 0.812. The van der Waals surface area contributed by atoms with E-state index in [0.29, 0.717) is 0 Å². The molecule has 1 N–H and O–H groups in total. The second kappa shape index (κ2) is 5.41. The van der Waals surface area contributed by atoms with E-state index in [2.05, 4.69) is 10.2 Å². The molecular formula is C21H25N3O3. The third-order valence-corrected chi connectivity index (χ3v) is 7.21. The van der Waals surface area contributed by atoms with Gasteiger partial charge in [-0.2, -0.15) is 0 Å². The van der Waals surface area contributed by atoms with E-state index in [1.807, 2.05) is 39.0 Å². The van der Waals surface area contributed by atoms with Gasteiger partial charge in [0.15, 0.2) is 0 Å². The molecule has 6 heteroatoms. The second-order valence-electron chi connectivity index (χ2n) is 8.48. The highest BCUT2D eigenvalue weighted by molar-refractivity contribution is 6.15. The number of carbonyl (C=O) groups is 3. The minimum Gasteiger partial charge on any atom is -0.324 e. The van der Waals surface area contributed by atoms with Gasteiger partial charge in [-0.05, 0) is 45.7 Å². The molecule has 4 aliphatic rings. The zero-order valence-corrected chi connectivity index (χ0v) is 16.0. The zero-order valence-electron chi connectivity index (χ0n) is 16.0. The van der Waals surface area contributed by atoms with Crippen molar-refractivity contribution >= 4 is 23.4 Å². The van der Waals surface area contributed by atoms with Gasteiger partial charge in [-0.15, -0.1) is 0 Å². The normalized spacial score (nSPS) is 35.6. The Labute approximate surface area is 158 Å². The van der Waals surface area contributed by atoms with E-state index in [-0.39, 0.29) is 29.8 Å². The van der Waals surface area contributed by atoms with Gasteiger partial charge in [0, 0.05) is 23.3 Å². The van der Waals surface area contributed by atoms with Crippen LogP contribution in [0.3, 0.4) is 0 Å². The number of amides is 3. The number of imide groups is 1. The summed E-state index contributed by atoms with van der Waals surface area (Å²) >= 11 is 0. The SMILES string of the molecule is CC[C@H](C)N1C(=O)[C@@H]2[C@H]3CCCN3[C@@]3(C(=O)Nc4ccc(C)cc43)[C@@H]2C1=O. The number of nitrogens with zero attached hydrogens (tertiary/aromatic N) is 2. The van der Waals surface area contributed by atoms with Gasteiger partial charge in [0.25, 0.3) is 0 Å². The maximum Gasteiger partial charge on any atom is 0.250 e. The van der Waals surface area contributed by atoms with Crippen molar-refractivity contribution in [1.29, 1.82) is 0 Å². The van der Waals surface area contributed by atoms with Crippen molar-refractivity contribution in [3.8, 4) is 0 Å². The average Bonchev–Trinajstić information content (AvgIpc) is 3.33. The largest absolute Gasteiger partial charge is 0.324 e. The number of rotatable bonds is 2. The lowest BCUT2D eigenvalue weighted by Gasteiger charge is -2.37. The molecule has 0 aliphatic carbocycles. The highest BCUT2D eigenvalue weighted by Gasteiger charge is 2.74. The predicted molar refractivity (Wildman–Crippen MR) is 99.8 cm³/mol. The first-order valence-corrected chi connectivity index (χ1v) is 9.99. The molecule has 0 aromatic heterocycles. The fraction of sp³-hybridized carbons (Fsp3) is 0.571. The van der Waals surface area contributed by atoms with Crippen molar-refractivity contribution in [2.75, 3.05) is 11.9 Å². The molecule has 0 bridgehead atoms. The summed E-state index contributed by atoms with van der Waals surface area (Å²) in [7, 11) is 0. The molecule has 3 amide bonds. The summed E-state index contributed by atoms with van der Waals surface area (Å²) in [5, 5.41) is 3.01. The Morgan fingerprint density at radius 2 is 2.04 bits per heavy atom. The monoisotopic (exact) mass is 367 g/mol. The van der Waals surface area contributed by atoms with Crippen LogP contribution in [0.5, 0.6) is 0 Å². The number of carbonyl (C=O) groups excluding carboxylic acids is 3. The summed E-state index contributed by atoms with van der Waals surface area (Å²) in [6, 6.07) is 5.75. The van der Waals surface area contributed by atoms with E-state index in [0.717, 1.165) is 42.6 Å². The van der Waals surface area contributed by atoms with Gasteiger partial charge in [-0.25, -0.2) is 0 Å². The summed E-state index contributed by atoms with van der Waals surface area (Å²) in [4.78, 5) is 43.9. The van der Waals surface area contributed by atoms with E-state index >= 15 is 0 Å². The number of anilines is 1. The van der Waals surface area contributed by atoms with Crippen LogP contribution in [0.25, 0.3) is 0 Å². The zero-order chi connectivity index (χ0) is 19.1. The van der Waals surface area contributed by atoms with Crippen LogP contribution < -0.4 is 5.32 Å². The Bertz CT molecular complexity index is 881. The third kappa shape index (κ3) is 1.82. The Morgan fingerprint density at radius 3 is 2.78 bits per heavy atom. The molecule has 0 radical (unpaired) electrons. The first-order valence-electron chi connectivity index (χ1n) is 9.99. The van der Waals surface area contributed by atoms with Crippen LogP contribution in [0.4, 0.5) is 5.69 Å². The first kappa shape index (κ1) is 16.9. The van der Waals surface area contributed by atoms with Gasteiger partial charge < -0.3 is 5.32 Å². The maximum atomic E-state index is 13.5. The van der Waals surface area contributed by atoms with Gasteiger partial charge in [-0.1, -0.05) is 24.6 Å². The smallest absolute Gasteiger partial charge is 0.250 e. The summed E-state index contributed by atoms with van der Waals surface area (Å²) in [6.45, 7) is 6.65. The molecule has 1 aromatic rings. The van der Waals surface area contributed by atoms with Crippen LogP contribution in [0.2, 0.25) is 0 Å². The molecule has 3 fully saturated rings. The molecule has 1 aromatic carbocycles. The van der Waals surface area contributed by atoms with Crippen molar-refractivity contribution in [1.82, 2.24) is 9.80 Å². The molecule has 27 heavy (non-hydrogen) atoms. The molecule has 142 valence electrons. The number of aryl methyl sites for hydroxylation is 1. The van der Waals surface area contributed by atoms with Crippen molar-refractivity contribution in [2.45, 2.75) is 57.7 Å². The van der Waals surface area contributed by atoms with Gasteiger partial charge in [0.05, 0.1) is 11.8 Å². The lowest BCUT2D eigenvalue weighted by atomic mass is 9.75. The van der Waals surface area contributed by atoms with Crippen LogP contribution in [0.15, 0.2) is 18.2 Å². The van der Waals surface area contributed by atoms with Crippen LogP contribution in [-0.4, -0.2) is 46.1 Å². The highest BCUT2D eigenvalue weighted by atomic mass is 16.2. The fourth-order valence-corrected chi connectivity index (χ4v) is 5.96. The molecule has 5 rings (SSSR count). The lowest BCUT2D eigenvalue weighted by molar-refractivity contribution is -0.147. The number of hydrogen-bond donors (Lipinski definition) is 1. The van der Waals surface area contributed by atoms with Crippen LogP contribution >= 0.6 is 0 Å². The Morgan fingerprint density at radius 1 is 1.26 bits per heavy atom. The standard InChI is InChI=1S/C21H25N3O3/c1-4-12(3)24-18(25)16-15-6-5-9-23(15)21(17(16)19(24)26)13-10-11(2)7-8-14(13)22-20(21)27/h7-8,10,12,15-17H,4-6,9H2,1-3H3,(H,22,27)/t12-,15+,16+,17-,21+/m0/s1. The maximum absolute atomic E-state index is 13.5. The number of benzene rings is 1. The van der Waals surface area contributed by atoms with E-state index < -0.39 is 17.4 Å². The molecule has 4 aliphatic heterocycles. The summed E-state index contributed by atoms with van der Waals surface area (Å²) in [5.41, 5.74) is 1.67. The Hall–Kier alpha value is -2.21. The molecule has 5 atom stereocenters. The number of fused-ring (bicyclic) bond motifs is 7. The van der Waals surface area contributed by atoms with E-state index in [1.54, 1.807) is 0 Å². The number of likely N-dealkylation sites (tertiary alicyclic amines) is 1.